The van der Waals surface area contributed by atoms with Crippen LogP contribution in [-0.2, 0) is 18.4 Å². The Morgan fingerprint density at radius 2 is 1.62 bits per heavy atom. The normalized spacial score (nSPS) is 13.4. The van der Waals surface area contributed by atoms with Crippen molar-refractivity contribution >= 4 is 18.9 Å². The summed E-state index contributed by atoms with van der Waals surface area (Å²) in [6, 6.07) is 6.61. The van der Waals surface area contributed by atoms with Crippen LogP contribution in [0.1, 0.15) is 39.2 Å². The first-order valence-electron chi connectivity index (χ1n) is 7.08. The van der Waals surface area contributed by atoms with E-state index in [0.717, 1.165) is 0 Å². The first-order valence-corrected chi connectivity index (χ1v) is 8.62. The fourth-order valence-corrected chi connectivity index (χ4v) is 3.77. The molecule has 0 aromatic heterocycles. The number of carboxylic acids is 1. The summed E-state index contributed by atoms with van der Waals surface area (Å²) in [5.41, 5.74) is 0.681. The summed E-state index contributed by atoms with van der Waals surface area (Å²) in [5.74, 6) is -1.48. The maximum atomic E-state index is 12.6. The summed E-state index contributed by atoms with van der Waals surface area (Å²) in [5, 5.41) is 9.74. The van der Waals surface area contributed by atoms with Crippen molar-refractivity contribution in [2.75, 3.05) is 13.2 Å². The molecule has 1 aromatic rings. The van der Waals surface area contributed by atoms with E-state index in [2.05, 4.69) is 0 Å². The Kier molecular flexibility index (Phi) is 6.59. The van der Waals surface area contributed by atoms with E-state index in [9.17, 15) is 14.5 Å². The van der Waals surface area contributed by atoms with Crippen LogP contribution in [0.4, 0.5) is 0 Å². The summed E-state index contributed by atoms with van der Waals surface area (Å²) in [6.07, 6.45) is 0. The molecule has 21 heavy (non-hydrogen) atoms. The molecule has 0 fully saturated rings. The van der Waals surface area contributed by atoms with Gasteiger partial charge in [0.1, 0.15) is 0 Å². The average molecular weight is 314 g/mol. The van der Waals surface area contributed by atoms with Crippen LogP contribution in [0.2, 0.25) is 0 Å². The lowest BCUT2D eigenvalue weighted by Gasteiger charge is -2.19. The highest BCUT2D eigenvalue weighted by molar-refractivity contribution is 7.62. The third-order valence-corrected chi connectivity index (χ3v) is 5.23. The van der Waals surface area contributed by atoms with Crippen LogP contribution >= 0.6 is 7.60 Å². The van der Waals surface area contributed by atoms with Crippen molar-refractivity contribution in [1.82, 2.24) is 0 Å². The van der Waals surface area contributed by atoms with Gasteiger partial charge in [-0.05, 0) is 37.5 Å². The molecular weight excluding hydrogens is 291 g/mol. The summed E-state index contributed by atoms with van der Waals surface area (Å²) in [4.78, 5) is 11.3. The first-order chi connectivity index (χ1) is 9.85. The van der Waals surface area contributed by atoms with Gasteiger partial charge in [0.25, 0.3) is 0 Å². The molecule has 0 heterocycles. The molecule has 0 spiro atoms. The third-order valence-electron chi connectivity index (χ3n) is 3.10. The molecule has 1 N–H and O–H groups in total. The number of hydrogen-bond donors (Lipinski definition) is 1. The molecule has 0 aliphatic heterocycles. The maximum Gasteiger partial charge on any atom is 0.361 e. The van der Waals surface area contributed by atoms with Crippen molar-refractivity contribution in [3.63, 3.8) is 0 Å². The van der Waals surface area contributed by atoms with Crippen molar-refractivity contribution in [2.45, 2.75) is 33.6 Å². The molecule has 0 aliphatic carbocycles. The summed E-state index contributed by atoms with van der Waals surface area (Å²) < 4.78 is 23.1. The van der Waals surface area contributed by atoms with Gasteiger partial charge in [0.15, 0.2) is 0 Å². The van der Waals surface area contributed by atoms with Crippen LogP contribution < -0.4 is 5.30 Å². The van der Waals surface area contributed by atoms with Crippen LogP contribution in [0, 0.1) is 5.92 Å². The Bertz CT molecular complexity index is 499. The minimum absolute atomic E-state index is 0.0288. The number of hydrogen-bond acceptors (Lipinski definition) is 4. The third kappa shape index (κ3) is 4.40. The van der Waals surface area contributed by atoms with Crippen LogP contribution in [0.15, 0.2) is 24.3 Å². The molecule has 0 amide bonds. The Labute approximate surface area is 125 Å². The van der Waals surface area contributed by atoms with Crippen molar-refractivity contribution in [3.8, 4) is 0 Å². The van der Waals surface area contributed by atoms with Crippen LogP contribution in [0.25, 0.3) is 0 Å². The van der Waals surface area contributed by atoms with Gasteiger partial charge >= 0.3 is 13.6 Å². The molecule has 0 aliphatic rings. The van der Waals surface area contributed by atoms with E-state index in [1.54, 1.807) is 38.1 Å². The molecule has 1 aromatic carbocycles. The lowest BCUT2D eigenvalue weighted by Crippen LogP contribution is -2.18. The Morgan fingerprint density at radius 1 is 1.14 bits per heavy atom. The van der Waals surface area contributed by atoms with Gasteiger partial charge in [0.05, 0.1) is 24.4 Å². The van der Waals surface area contributed by atoms with E-state index >= 15 is 0 Å². The van der Waals surface area contributed by atoms with E-state index in [0.29, 0.717) is 10.9 Å². The number of carboxylic acid groups (broad SMARTS) is 1. The highest BCUT2D eigenvalue weighted by Gasteiger charge is 2.28. The number of aliphatic carboxylic acids is 1. The number of benzene rings is 1. The second-order valence-corrected chi connectivity index (χ2v) is 7.01. The molecule has 0 saturated heterocycles. The number of carbonyl (C=O) groups is 1. The van der Waals surface area contributed by atoms with E-state index in [1.165, 1.54) is 0 Å². The Hall–Kier alpha value is -1.16. The molecule has 0 saturated carbocycles. The SMILES string of the molecule is CCOP(=O)(OCC)c1ccc(C(C(=O)O)C(C)C)cc1. The monoisotopic (exact) mass is 314 g/mol. The fraction of sp³-hybridized carbons (Fsp3) is 0.533. The van der Waals surface area contributed by atoms with Gasteiger partial charge in [-0.3, -0.25) is 9.36 Å². The zero-order chi connectivity index (χ0) is 16.0. The van der Waals surface area contributed by atoms with E-state index in [1.807, 2.05) is 13.8 Å². The van der Waals surface area contributed by atoms with Gasteiger partial charge in [0.2, 0.25) is 0 Å². The van der Waals surface area contributed by atoms with E-state index < -0.39 is 19.5 Å². The van der Waals surface area contributed by atoms with Crippen LogP contribution in [-0.4, -0.2) is 24.3 Å². The van der Waals surface area contributed by atoms with Crippen LogP contribution in [0.3, 0.4) is 0 Å². The minimum atomic E-state index is -3.32. The second-order valence-electron chi connectivity index (χ2n) is 4.98. The van der Waals surface area contributed by atoms with E-state index in [-0.39, 0.29) is 19.1 Å². The van der Waals surface area contributed by atoms with Crippen molar-refractivity contribution in [1.29, 1.82) is 0 Å². The molecule has 0 radical (unpaired) electrons. The molecule has 118 valence electrons. The van der Waals surface area contributed by atoms with E-state index in [4.69, 9.17) is 9.05 Å². The average Bonchev–Trinajstić information content (AvgIpc) is 2.39. The van der Waals surface area contributed by atoms with Crippen molar-refractivity contribution in [2.24, 2.45) is 5.92 Å². The standard InChI is InChI=1S/C15H23O5P/c1-5-19-21(18,20-6-2)13-9-7-12(8-10-13)14(11(3)4)15(16)17/h7-11,14H,5-6H2,1-4H3,(H,16,17). The molecule has 0 bridgehead atoms. The topological polar surface area (TPSA) is 72.8 Å². The van der Waals surface area contributed by atoms with Crippen molar-refractivity contribution < 1.29 is 23.5 Å². The van der Waals surface area contributed by atoms with Gasteiger partial charge in [-0.25, -0.2) is 0 Å². The molecule has 1 unspecified atom stereocenters. The zero-order valence-corrected chi connectivity index (χ0v) is 13.8. The predicted octanol–water partition coefficient (Wildman–Crippen LogP) is 3.40. The van der Waals surface area contributed by atoms with Gasteiger partial charge in [-0.2, -0.15) is 0 Å². The number of rotatable bonds is 8. The van der Waals surface area contributed by atoms with Gasteiger partial charge in [-0.15, -0.1) is 0 Å². The second kappa shape index (κ2) is 7.74. The summed E-state index contributed by atoms with van der Waals surface area (Å²) in [6.45, 7) is 7.78. The molecular formula is C15H23O5P. The Morgan fingerprint density at radius 3 is 1.95 bits per heavy atom. The van der Waals surface area contributed by atoms with Crippen molar-refractivity contribution in [3.05, 3.63) is 29.8 Å². The lowest BCUT2D eigenvalue weighted by molar-refractivity contribution is -0.139. The Balaban J connectivity index is 3.10. The molecule has 6 heteroatoms. The fourth-order valence-electron chi connectivity index (χ4n) is 2.20. The van der Waals surface area contributed by atoms with Gasteiger partial charge in [-0.1, -0.05) is 26.0 Å². The van der Waals surface area contributed by atoms with Gasteiger partial charge in [0, 0.05) is 0 Å². The molecule has 1 atom stereocenters. The predicted molar refractivity (Wildman–Crippen MR) is 82.1 cm³/mol. The first kappa shape index (κ1) is 17.9. The smallest absolute Gasteiger partial charge is 0.361 e. The summed E-state index contributed by atoms with van der Waals surface area (Å²) >= 11 is 0. The largest absolute Gasteiger partial charge is 0.481 e. The molecule has 1 rings (SSSR count). The van der Waals surface area contributed by atoms with Crippen LogP contribution in [0.5, 0.6) is 0 Å². The molecule has 5 nitrogen and oxygen atoms in total. The lowest BCUT2D eigenvalue weighted by atomic mass is 9.89. The quantitative estimate of drug-likeness (QED) is 0.744. The zero-order valence-electron chi connectivity index (χ0n) is 12.9. The minimum Gasteiger partial charge on any atom is -0.481 e. The highest BCUT2D eigenvalue weighted by atomic mass is 31.2. The maximum absolute atomic E-state index is 12.6. The van der Waals surface area contributed by atoms with Gasteiger partial charge < -0.3 is 14.2 Å². The highest BCUT2D eigenvalue weighted by Crippen LogP contribution is 2.46. The summed E-state index contributed by atoms with van der Waals surface area (Å²) in [7, 11) is -3.32.